The van der Waals surface area contributed by atoms with E-state index in [1.807, 2.05) is 0 Å². The molecular weight excluding hydrogens is 692 g/mol. The number of ether oxygens (including phenoxy) is 4. The van der Waals surface area contributed by atoms with Crippen LogP contribution in [0.2, 0.25) is 0 Å². The number of carbonyl (C=O) groups is 5. The second-order valence-electron chi connectivity index (χ2n) is 15.7. The SMILES string of the molecule is C=C[C@@]1(C)C[C@@H](OC(=O)c2ccccc2)[C@H]2[C@](O)(C1=O)[C@H](O)C[C@H]1C(C)(C)[C@H](OC(C)=O)[C@H](OC(=O)c3ccccc3)[C@H](OC(=O)c3ccccc3)[C@@]12C. The summed E-state index contributed by atoms with van der Waals surface area (Å²) in [4.78, 5) is 69.4. The van der Waals surface area contributed by atoms with Gasteiger partial charge in [0.1, 0.15) is 18.3 Å². The molecule has 3 aliphatic carbocycles. The molecule has 0 radical (unpaired) electrons. The smallest absolute Gasteiger partial charge is 0.338 e. The third-order valence-corrected chi connectivity index (χ3v) is 12.1. The molecule has 3 aliphatic rings. The molecule has 6 rings (SSSR count). The van der Waals surface area contributed by atoms with Crippen LogP contribution in [0.4, 0.5) is 0 Å². The maximum absolute atomic E-state index is 14.6. The Hall–Kier alpha value is -5.13. The van der Waals surface area contributed by atoms with Gasteiger partial charge in [-0.25, -0.2) is 14.4 Å². The first-order valence-electron chi connectivity index (χ1n) is 18.0. The molecule has 0 heterocycles. The van der Waals surface area contributed by atoms with Crippen LogP contribution in [0.3, 0.4) is 0 Å². The molecule has 0 aliphatic heterocycles. The van der Waals surface area contributed by atoms with Gasteiger partial charge >= 0.3 is 23.9 Å². The highest BCUT2D eigenvalue weighted by molar-refractivity contribution is 5.97. The molecule has 0 saturated heterocycles. The van der Waals surface area contributed by atoms with Crippen LogP contribution in [0.5, 0.6) is 0 Å². The van der Waals surface area contributed by atoms with Gasteiger partial charge in [-0.1, -0.05) is 81.4 Å². The van der Waals surface area contributed by atoms with E-state index in [1.54, 1.807) is 94.4 Å². The van der Waals surface area contributed by atoms with Crippen LogP contribution in [0.1, 0.15) is 78.5 Å². The summed E-state index contributed by atoms with van der Waals surface area (Å²) in [5.41, 5.74) is -6.32. The van der Waals surface area contributed by atoms with Crippen molar-refractivity contribution in [1.29, 1.82) is 0 Å². The Morgan fingerprint density at radius 3 is 1.65 bits per heavy atom. The predicted octanol–water partition coefficient (Wildman–Crippen LogP) is 5.53. The molecule has 0 bridgehead atoms. The average Bonchev–Trinajstić information content (AvgIpc) is 3.16. The van der Waals surface area contributed by atoms with Gasteiger partial charge in [0.25, 0.3) is 0 Å². The topological polar surface area (TPSA) is 163 Å². The highest BCUT2D eigenvalue weighted by Crippen LogP contribution is 2.67. The van der Waals surface area contributed by atoms with Crippen LogP contribution < -0.4 is 0 Å². The number of benzene rings is 3. The number of hydrogen-bond donors (Lipinski definition) is 2. The zero-order chi connectivity index (χ0) is 39.2. The Labute approximate surface area is 314 Å². The summed E-state index contributed by atoms with van der Waals surface area (Å²) in [6.45, 7) is 11.8. The Balaban J connectivity index is 1.60. The number of aliphatic hydroxyl groups excluding tert-OH is 1. The normalized spacial score (nSPS) is 33.9. The van der Waals surface area contributed by atoms with Gasteiger partial charge in [-0.15, -0.1) is 6.58 Å². The zero-order valence-electron chi connectivity index (χ0n) is 31.0. The Kier molecular flexibility index (Phi) is 10.2. The fourth-order valence-corrected chi connectivity index (χ4v) is 9.54. The third-order valence-electron chi connectivity index (χ3n) is 12.1. The highest BCUT2D eigenvalue weighted by Gasteiger charge is 2.78. The van der Waals surface area contributed by atoms with Crippen molar-refractivity contribution < 1.29 is 53.1 Å². The second-order valence-corrected chi connectivity index (χ2v) is 15.7. The van der Waals surface area contributed by atoms with E-state index in [4.69, 9.17) is 18.9 Å². The molecule has 54 heavy (non-hydrogen) atoms. The number of aliphatic hydroxyl groups is 2. The van der Waals surface area contributed by atoms with Crippen molar-refractivity contribution >= 4 is 29.7 Å². The summed E-state index contributed by atoms with van der Waals surface area (Å²) in [5.74, 6) is -6.10. The summed E-state index contributed by atoms with van der Waals surface area (Å²) in [5, 5.41) is 24.9. The summed E-state index contributed by atoms with van der Waals surface area (Å²) in [7, 11) is 0. The lowest BCUT2D eigenvalue weighted by Crippen LogP contribution is -2.80. The Morgan fingerprint density at radius 1 is 0.722 bits per heavy atom. The number of allylic oxidation sites excluding steroid dienone is 1. The van der Waals surface area contributed by atoms with Crippen LogP contribution in [0.15, 0.2) is 104 Å². The van der Waals surface area contributed by atoms with E-state index in [-0.39, 0.29) is 29.5 Å². The first kappa shape index (κ1) is 38.6. The molecule has 284 valence electrons. The number of rotatable bonds is 8. The number of esters is 4. The van der Waals surface area contributed by atoms with Gasteiger partial charge in [0, 0.05) is 30.1 Å². The van der Waals surface area contributed by atoms with E-state index in [9.17, 15) is 34.2 Å². The van der Waals surface area contributed by atoms with E-state index >= 15 is 0 Å². The van der Waals surface area contributed by atoms with Crippen LogP contribution in [0, 0.1) is 28.1 Å². The minimum Gasteiger partial charge on any atom is -0.458 e. The summed E-state index contributed by atoms with van der Waals surface area (Å²) in [6, 6.07) is 24.4. The van der Waals surface area contributed by atoms with Gasteiger partial charge < -0.3 is 29.2 Å². The van der Waals surface area contributed by atoms with Gasteiger partial charge in [0.2, 0.25) is 0 Å². The molecule has 0 amide bonds. The van der Waals surface area contributed by atoms with Crippen molar-refractivity contribution in [3.8, 4) is 0 Å². The molecule has 3 saturated carbocycles. The lowest BCUT2D eigenvalue weighted by atomic mass is 9.38. The monoisotopic (exact) mass is 738 g/mol. The maximum atomic E-state index is 14.6. The first-order valence-corrected chi connectivity index (χ1v) is 18.0. The van der Waals surface area contributed by atoms with Crippen LogP contribution in [-0.4, -0.2) is 76.0 Å². The van der Waals surface area contributed by atoms with E-state index in [2.05, 4.69) is 6.58 Å². The molecule has 2 N–H and O–H groups in total. The van der Waals surface area contributed by atoms with E-state index in [0.29, 0.717) is 0 Å². The van der Waals surface area contributed by atoms with Crippen LogP contribution >= 0.6 is 0 Å². The molecule has 0 aromatic heterocycles. The van der Waals surface area contributed by atoms with Crippen LogP contribution in [0.25, 0.3) is 0 Å². The highest BCUT2D eigenvalue weighted by atomic mass is 16.6. The van der Waals surface area contributed by atoms with Crippen molar-refractivity contribution in [2.75, 3.05) is 0 Å². The van der Waals surface area contributed by atoms with Crippen molar-refractivity contribution in [2.24, 2.45) is 28.1 Å². The maximum Gasteiger partial charge on any atom is 0.338 e. The molecular formula is C43H46O11. The Morgan fingerprint density at radius 2 is 1.19 bits per heavy atom. The lowest BCUT2D eigenvalue weighted by Gasteiger charge is -2.69. The van der Waals surface area contributed by atoms with Gasteiger partial charge in [0.15, 0.2) is 17.5 Å². The number of ketones is 1. The molecule has 11 nitrogen and oxygen atoms in total. The van der Waals surface area contributed by atoms with Crippen LogP contribution in [-0.2, 0) is 28.5 Å². The lowest BCUT2D eigenvalue weighted by molar-refractivity contribution is -0.311. The Bertz CT molecular complexity index is 1930. The predicted molar refractivity (Wildman–Crippen MR) is 195 cm³/mol. The molecule has 0 spiro atoms. The minimum absolute atomic E-state index is 0.141. The summed E-state index contributed by atoms with van der Waals surface area (Å²) >= 11 is 0. The zero-order valence-corrected chi connectivity index (χ0v) is 31.0. The van der Waals surface area contributed by atoms with Gasteiger partial charge in [-0.3, -0.25) is 9.59 Å². The number of hydrogen-bond acceptors (Lipinski definition) is 11. The van der Waals surface area contributed by atoms with Crippen molar-refractivity contribution in [1.82, 2.24) is 0 Å². The fraction of sp³-hybridized carbons (Fsp3) is 0.419. The molecule has 10 atom stereocenters. The number of Topliss-reactive ketones (excluding diaryl/α,β-unsaturated/α-hetero) is 1. The number of carbonyl (C=O) groups excluding carboxylic acids is 5. The summed E-state index contributed by atoms with van der Waals surface area (Å²) in [6.07, 6.45) is -6.31. The standard InChI is InChI=1S/C43H46O11/c1-7-41(5)24-29(52-36(46)26-17-11-8-12-18-26)33-42(6)30(23-31(45)43(33,50)39(41)49)40(3,4)34(51-25(2)44)32(53-37(47)27-19-13-9-14-20-27)35(42)54-38(48)28-21-15-10-16-22-28/h7-22,29-35,45,50H,1,23-24H2,2-6H3/t29-,30+,31-,32+,33-,34-,35+,41+,42+,43+/m1/s1. The van der Waals surface area contributed by atoms with E-state index < -0.39 is 93.9 Å². The molecule has 3 aromatic carbocycles. The fourth-order valence-electron chi connectivity index (χ4n) is 9.54. The largest absolute Gasteiger partial charge is 0.458 e. The first-order chi connectivity index (χ1) is 25.5. The molecule has 0 unspecified atom stereocenters. The van der Waals surface area contributed by atoms with E-state index in [0.717, 1.165) is 0 Å². The number of fused-ring (bicyclic) bond motifs is 3. The molecule has 3 aromatic rings. The van der Waals surface area contributed by atoms with Gasteiger partial charge in [-0.05, 0) is 55.7 Å². The minimum atomic E-state index is -2.58. The average molecular weight is 739 g/mol. The van der Waals surface area contributed by atoms with Crippen molar-refractivity contribution in [2.45, 2.75) is 83.6 Å². The van der Waals surface area contributed by atoms with Crippen molar-refractivity contribution in [3.63, 3.8) is 0 Å². The quantitative estimate of drug-likeness (QED) is 0.170. The summed E-state index contributed by atoms with van der Waals surface area (Å²) < 4.78 is 24.9. The van der Waals surface area contributed by atoms with Crippen molar-refractivity contribution in [3.05, 3.63) is 120 Å². The molecule has 3 fully saturated rings. The molecule has 11 heteroatoms. The van der Waals surface area contributed by atoms with Gasteiger partial charge in [0.05, 0.1) is 28.2 Å². The van der Waals surface area contributed by atoms with E-state index in [1.165, 1.54) is 37.3 Å². The second kappa shape index (κ2) is 14.3. The third kappa shape index (κ3) is 6.32. The van der Waals surface area contributed by atoms with Gasteiger partial charge in [-0.2, -0.15) is 0 Å².